The molecular formula is C26H29N7O2. The lowest BCUT2D eigenvalue weighted by molar-refractivity contribution is -0.135. The highest BCUT2D eigenvalue weighted by molar-refractivity contribution is 5.78. The lowest BCUT2D eigenvalue weighted by Crippen LogP contribution is -2.38. The second kappa shape index (κ2) is 8.98. The average molecular weight is 472 g/mol. The molecule has 180 valence electrons. The molecule has 3 aromatic rings. The van der Waals surface area contributed by atoms with Crippen molar-refractivity contribution in [2.45, 2.75) is 38.8 Å². The second-order valence-corrected chi connectivity index (χ2v) is 9.73. The van der Waals surface area contributed by atoms with Crippen molar-refractivity contribution in [3.8, 4) is 11.1 Å². The van der Waals surface area contributed by atoms with Crippen LogP contribution in [0.2, 0.25) is 0 Å². The number of hydrogen-bond donors (Lipinski definition) is 2. The van der Waals surface area contributed by atoms with Crippen LogP contribution in [0, 0.1) is 5.92 Å². The summed E-state index contributed by atoms with van der Waals surface area (Å²) in [5, 5.41) is 12.4. The minimum Gasteiger partial charge on any atom is -0.387 e. The molecule has 1 aliphatic carbocycles. The number of aliphatic hydroxyl groups is 1. The minimum absolute atomic E-state index is 0.0938. The third-order valence-corrected chi connectivity index (χ3v) is 7.47. The van der Waals surface area contributed by atoms with E-state index in [4.69, 9.17) is 15.1 Å². The van der Waals surface area contributed by atoms with E-state index in [1.165, 1.54) is 24.0 Å². The van der Waals surface area contributed by atoms with Gasteiger partial charge in [0.2, 0.25) is 11.9 Å². The Hall–Kier alpha value is -3.43. The number of nitrogens with one attached hydrogen (secondary N) is 1. The number of aliphatic hydroxyl groups excluding tert-OH is 1. The summed E-state index contributed by atoms with van der Waals surface area (Å²) in [6.07, 6.45) is 8.76. The lowest BCUT2D eigenvalue weighted by Gasteiger charge is -2.35. The van der Waals surface area contributed by atoms with Crippen LogP contribution in [0.15, 0.2) is 36.8 Å². The fraction of sp³-hybridized carbons (Fsp3) is 0.423. The summed E-state index contributed by atoms with van der Waals surface area (Å²) < 4.78 is 0. The number of anilines is 2. The summed E-state index contributed by atoms with van der Waals surface area (Å²) in [6.45, 7) is 4.99. The summed E-state index contributed by atoms with van der Waals surface area (Å²) in [4.78, 5) is 34.8. The van der Waals surface area contributed by atoms with Crippen LogP contribution < -0.4 is 5.32 Å². The van der Waals surface area contributed by atoms with Crippen LogP contribution in [0.25, 0.3) is 11.1 Å². The van der Waals surface area contributed by atoms with E-state index in [0.717, 1.165) is 41.5 Å². The van der Waals surface area contributed by atoms with Gasteiger partial charge in [0.15, 0.2) is 0 Å². The summed E-state index contributed by atoms with van der Waals surface area (Å²) in [5.41, 5.74) is 6.42. The van der Waals surface area contributed by atoms with Gasteiger partial charge in [-0.25, -0.2) is 15.0 Å². The van der Waals surface area contributed by atoms with Crippen LogP contribution >= 0.6 is 0 Å². The number of nitrogens with zero attached hydrogens (tertiary/aromatic N) is 6. The largest absolute Gasteiger partial charge is 0.387 e. The molecular weight excluding hydrogens is 442 g/mol. The number of likely N-dealkylation sites (tertiary alicyclic amines) is 1. The maximum absolute atomic E-state index is 11.8. The zero-order chi connectivity index (χ0) is 23.9. The van der Waals surface area contributed by atoms with Crippen LogP contribution in [0.3, 0.4) is 0 Å². The van der Waals surface area contributed by atoms with Crippen LogP contribution in [0.4, 0.5) is 11.8 Å². The molecule has 9 heteroatoms. The Kier molecular flexibility index (Phi) is 5.66. The number of piperidine rings is 1. The highest BCUT2D eigenvalue weighted by atomic mass is 16.3. The fourth-order valence-electron chi connectivity index (χ4n) is 5.46. The van der Waals surface area contributed by atoms with Gasteiger partial charge in [0.05, 0.1) is 11.7 Å². The lowest BCUT2D eigenvalue weighted by atomic mass is 9.96. The Morgan fingerprint density at radius 3 is 2.80 bits per heavy atom. The molecule has 6 rings (SSSR count). The molecule has 2 N–H and O–H groups in total. The Labute approximate surface area is 204 Å². The predicted octanol–water partition coefficient (Wildman–Crippen LogP) is 2.69. The van der Waals surface area contributed by atoms with Gasteiger partial charge < -0.3 is 15.3 Å². The van der Waals surface area contributed by atoms with Crippen molar-refractivity contribution in [1.82, 2.24) is 29.7 Å². The van der Waals surface area contributed by atoms with Crippen LogP contribution in [0.5, 0.6) is 0 Å². The number of carbonyl (C=O) groups excluding carboxylic acids is 1. The van der Waals surface area contributed by atoms with Crippen molar-refractivity contribution in [2.75, 3.05) is 31.6 Å². The molecule has 35 heavy (non-hydrogen) atoms. The van der Waals surface area contributed by atoms with Gasteiger partial charge in [-0.2, -0.15) is 0 Å². The van der Waals surface area contributed by atoms with Gasteiger partial charge in [-0.15, -0.1) is 0 Å². The normalized spacial score (nSPS) is 19.7. The van der Waals surface area contributed by atoms with Crippen LogP contribution in [-0.2, 0) is 17.8 Å². The van der Waals surface area contributed by atoms with E-state index in [-0.39, 0.29) is 11.9 Å². The smallest absolute Gasteiger partial charge is 0.248 e. The Balaban J connectivity index is 1.27. The molecule has 0 spiro atoms. The van der Waals surface area contributed by atoms with Gasteiger partial charge in [-0.3, -0.25) is 14.7 Å². The van der Waals surface area contributed by atoms with E-state index in [0.29, 0.717) is 31.3 Å². The maximum Gasteiger partial charge on any atom is 0.248 e. The van der Waals surface area contributed by atoms with Crippen LogP contribution in [0.1, 0.15) is 48.3 Å². The highest BCUT2D eigenvalue weighted by Gasteiger charge is 2.36. The molecule has 0 aromatic carbocycles. The molecule has 1 atom stereocenters. The van der Waals surface area contributed by atoms with Crippen molar-refractivity contribution in [2.24, 2.45) is 5.92 Å². The SMILES string of the molecule is CC1CCN([C@@H]2c3cnccc3-c3cnc(Nc4ccc5c(n4)CCN(C(=O)CO)C5)nc32)CC1. The first kappa shape index (κ1) is 22.1. The van der Waals surface area contributed by atoms with E-state index in [1.54, 1.807) is 4.90 Å². The first-order valence-electron chi connectivity index (χ1n) is 12.3. The van der Waals surface area contributed by atoms with E-state index >= 15 is 0 Å². The predicted molar refractivity (Wildman–Crippen MR) is 131 cm³/mol. The van der Waals surface area contributed by atoms with E-state index in [9.17, 15) is 4.79 Å². The first-order chi connectivity index (χ1) is 17.1. The highest BCUT2D eigenvalue weighted by Crippen LogP contribution is 2.46. The topological polar surface area (TPSA) is 107 Å². The van der Waals surface area contributed by atoms with E-state index < -0.39 is 6.61 Å². The molecule has 1 saturated heterocycles. The zero-order valence-electron chi connectivity index (χ0n) is 19.8. The van der Waals surface area contributed by atoms with Crippen molar-refractivity contribution >= 4 is 17.7 Å². The summed E-state index contributed by atoms with van der Waals surface area (Å²) in [7, 11) is 0. The standard InChI is InChI=1S/C26H29N7O2/c1-16-5-9-32(10-6-16)25-20-12-27-8-4-18(20)19-13-28-26(31-24(19)25)30-22-3-2-17-14-33(23(35)15-34)11-7-21(17)29-22/h2-4,8,12-13,16,25,34H,5-7,9-11,14-15H2,1H3,(H,28,29,30,31)/t25-/m1/s1. The molecule has 1 amide bonds. The van der Waals surface area contributed by atoms with Gasteiger partial charge >= 0.3 is 0 Å². The fourth-order valence-corrected chi connectivity index (χ4v) is 5.46. The minimum atomic E-state index is -0.463. The van der Waals surface area contributed by atoms with Crippen LogP contribution in [-0.4, -0.2) is 67.0 Å². The third kappa shape index (κ3) is 4.04. The molecule has 0 bridgehead atoms. The molecule has 3 aliphatic rings. The number of amides is 1. The molecule has 5 heterocycles. The molecule has 0 radical (unpaired) electrons. The maximum atomic E-state index is 11.8. The van der Waals surface area contributed by atoms with Gasteiger partial charge in [0.1, 0.15) is 12.4 Å². The van der Waals surface area contributed by atoms with Gasteiger partial charge in [0.25, 0.3) is 0 Å². The number of hydrogen-bond acceptors (Lipinski definition) is 8. The molecule has 0 unspecified atom stereocenters. The molecule has 1 fully saturated rings. The number of carbonyl (C=O) groups is 1. The van der Waals surface area contributed by atoms with Gasteiger partial charge in [0, 0.05) is 54.9 Å². The first-order valence-corrected chi connectivity index (χ1v) is 12.3. The summed E-state index contributed by atoms with van der Waals surface area (Å²) in [5.74, 6) is 1.72. The number of fused-ring (bicyclic) bond motifs is 4. The average Bonchev–Trinajstić information content (AvgIpc) is 3.22. The number of pyridine rings is 2. The van der Waals surface area contributed by atoms with E-state index in [1.807, 2.05) is 30.7 Å². The third-order valence-electron chi connectivity index (χ3n) is 7.47. The quantitative estimate of drug-likeness (QED) is 0.598. The Morgan fingerprint density at radius 1 is 1.11 bits per heavy atom. The van der Waals surface area contributed by atoms with Gasteiger partial charge in [-0.1, -0.05) is 13.0 Å². The Morgan fingerprint density at radius 2 is 1.97 bits per heavy atom. The number of rotatable bonds is 4. The summed E-state index contributed by atoms with van der Waals surface area (Å²) in [6, 6.07) is 6.03. The van der Waals surface area contributed by atoms with Gasteiger partial charge in [-0.05, 0) is 55.1 Å². The van der Waals surface area contributed by atoms with Crippen molar-refractivity contribution < 1.29 is 9.90 Å². The second-order valence-electron chi connectivity index (χ2n) is 9.73. The van der Waals surface area contributed by atoms with Crippen molar-refractivity contribution in [3.05, 3.63) is 59.3 Å². The molecule has 9 nitrogen and oxygen atoms in total. The molecule has 3 aromatic heterocycles. The molecule has 2 aliphatic heterocycles. The van der Waals surface area contributed by atoms with E-state index in [2.05, 4.69) is 33.2 Å². The zero-order valence-corrected chi connectivity index (χ0v) is 19.8. The number of aromatic nitrogens is 4. The molecule has 0 saturated carbocycles. The monoisotopic (exact) mass is 471 g/mol. The van der Waals surface area contributed by atoms with Crippen molar-refractivity contribution in [3.63, 3.8) is 0 Å². The Bertz CT molecular complexity index is 1270. The van der Waals surface area contributed by atoms with Crippen molar-refractivity contribution in [1.29, 1.82) is 0 Å². The summed E-state index contributed by atoms with van der Waals surface area (Å²) >= 11 is 0.